The minimum atomic E-state index is -0.0714. The number of benzene rings is 8. The van der Waals surface area contributed by atoms with Gasteiger partial charge < -0.3 is 13.9 Å². The van der Waals surface area contributed by atoms with E-state index in [1.165, 1.54) is 66.0 Å². The molecular weight excluding hydrogens is 721 g/mol. The highest BCUT2D eigenvalue weighted by Crippen LogP contribution is 2.52. The molecular formula is C54H34N4O. The second-order valence-corrected chi connectivity index (χ2v) is 15.6. The maximum atomic E-state index is 6.61. The van der Waals surface area contributed by atoms with Gasteiger partial charge in [-0.1, -0.05) is 127 Å². The number of aromatic nitrogens is 4. The molecule has 0 amide bonds. The fourth-order valence-electron chi connectivity index (χ4n) is 9.97. The molecule has 0 spiro atoms. The number of ether oxygens (including phenoxy) is 1. The molecule has 2 aliphatic rings. The third kappa shape index (κ3) is 4.67. The molecule has 4 heterocycles. The van der Waals surface area contributed by atoms with Crippen molar-refractivity contribution in [1.29, 1.82) is 0 Å². The number of nitrogens with zero attached hydrogens (tertiary/aromatic N) is 4. The van der Waals surface area contributed by atoms with E-state index in [0.29, 0.717) is 5.82 Å². The Morgan fingerprint density at radius 1 is 0.508 bits per heavy atom. The van der Waals surface area contributed by atoms with E-state index in [-0.39, 0.29) is 12.0 Å². The van der Waals surface area contributed by atoms with Gasteiger partial charge in [-0.2, -0.15) is 0 Å². The standard InChI is InChI=1S/C54H34N4O/c1-2-14-34(15-3-1)52-38-18-6-9-21-42(38)55-54(56-52)35-25-27-36(28-26-35)57-45-31-32-48-51(40-20-8-11-24-47(40)59-48)49(45)41-29-30-46-50(53(41)57)39-19-7-10-22-44(39)58(46)43-23-12-16-33-13-4-5-17-37(33)43/h1-32,48,51H. The molecule has 1 aliphatic heterocycles. The highest BCUT2D eigenvalue weighted by atomic mass is 16.5. The molecule has 0 saturated heterocycles. The average molecular weight is 755 g/mol. The Bertz CT molecular complexity index is 3540. The molecule has 59 heavy (non-hydrogen) atoms. The molecule has 3 aromatic heterocycles. The molecule has 1 aliphatic carbocycles. The predicted molar refractivity (Wildman–Crippen MR) is 241 cm³/mol. The third-order valence-electron chi connectivity index (χ3n) is 12.5. The molecule has 276 valence electrons. The van der Waals surface area contributed by atoms with Crippen LogP contribution < -0.4 is 4.74 Å². The number of hydrogen-bond acceptors (Lipinski definition) is 3. The van der Waals surface area contributed by atoms with Crippen LogP contribution in [0.4, 0.5) is 0 Å². The summed E-state index contributed by atoms with van der Waals surface area (Å²) >= 11 is 0. The number of hydrogen-bond donors (Lipinski definition) is 0. The van der Waals surface area contributed by atoms with E-state index < -0.39 is 0 Å². The lowest BCUT2D eigenvalue weighted by molar-refractivity contribution is 0.267. The van der Waals surface area contributed by atoms with Crippen molar-refractivity contribution >= 4 is 60.5 Å². The summed E-state index contributed by atoms with van der Waals surface area (Å²) in [6, 6.07) is 64.9. The zero-order valence-corrected chi connectivity index (χ0v) is 31.8. The van der Waals surface area contributed by atoms with Gasteiger partial charge >= 0.3 is 0 Å². The fourth-order valence-corrected chi connectivity index (χ4v) is 9.97. The summed E-state index contributed by atoms with van der Waals surface area (Å²) in [5.41, 5.74) is 13.4. The number of para-hydroxylation sites is 3. The summed E-state index contributed by atoms with van der Waals surface area (Å²) in [7, 11) is 0. The summed E-state index contributed by atoms with van der Waals surface area (Å²) in [5.74, 6) is 1.74. The van der Waals surface area contributed by atoms with Crippen molar-refractivity contribution in [2.75, 3.05) is 0 Å². The van der Waals surface area contributed by atoms with Gasteiger partial charge in [0.15, 0.2) is 5.82 Å². The van der Waals surface area contributed by atoms with E-state index in [2.05, 4.69) is 191 Å². The van der Waals surface area contributed by atoms with Gasteiger partial charge in [-0.15, -0.1) is 0 Å². The van der Waals surface area contributed by atoms with E-state index in [0.717, 1.165) is 39.2 Å². The first-order valence-corrected chi connectivity index (χ1v) is 20.2. The predicted octanol–water partition coefficient (Wildman–Crippen LogP) is 13.1. The first-order chi connectivity index (χ1) is 29.3. The highest BCUT2D eigenvalue weighted by Gasteiger charge is 2.40. The average Bonchev–Trinajstić information content (AvgIpc) is 3.96. The van der Waals surface area contributed by atoms with E-state index in [9.17, 15) is 0 Å². The molecule has 13 rings (SSSR count). The van der Waals surface area contributed by atoms with E-state index in [4.69, 9.17) is 14.7 Å². The van der Waals surface area contributed by atoms with Crippen LogP contribution >= 0.6 is 0 Å². The molecule has 0 bridgehead atoms. The van der Waals surface area contributed by atoms with Crippen LogP contribution in [0.25, 0.3) is 94.5 Å². The maximum Gasteiger partial charge on any atom is 0.160 e. The van der Waals surface area contributed by atoms with Crippen molar-refractivity contribution in [1.82, 2.24) is 19.1 Å². The first-order valence-electron chi connectivity index (χ1n) is 20.2. The molecule has 2 unspecified atom stereocenters. The fraction of sp³-hybridized carbons (Fsp3) is 0.0370. The minimum absolute atomic E-state index is 0.0699. The normalized spacial score (nSPS) is 15.5. The van der Waals surface area contributed by atoms with Crippen LogP contribution in [0, 0.1) is 0 Å². The Morgan fingerprint density at radius 3 is 2.15 bits per heavy atom. The van der Waals surface area contributed by atoms with Crippen LogP contribution in [0.1, 0.15) is 22.7 Å². The Kier molecular flexibility index (Phi) is 6.78. The van der Waals surface area contributed by atoms with Crippen LogP contribution in [-0.4, -0.2) is 25.2 Å². The zero-order chi connectivity index (χ0) is 38.6. The van der Waals surface area contributed by atoms with Crippen molar-refractivity contribution < 1.29 is 4.74 Å². The van der Waals surface area contributed by atoms with Crippen molar-refractivity contribution in [2.45, 2.75) is 12.0 Å². The van der Waals surface area contributed by atoms with E-state index in [1.807, 2.05) is 12.1 Å². The molecule has 0 fully saturated rings. The van der Waals surface area contributed by atoms with Gasteiger partial charge in [-0.05, 0) is 77.7 Å². The molecule has 0 N–H and O–H groups in total. The number of fused-ring (bicyclic) bond motifs is 13. The Morgan fingerprint density at radius 2 is 1.25 bits per heavy atom. The lowest BCUT2D eigenvalue weighted by Crippen LogP contribution is -2.20. The van der Waals surface area contributed by atoms with E-state index >= 15 is 0 Å². The van der Waals surface area contributed by atoms with Crippen molar-refractivity contribution in [3.05, 3.63) is 205 Å². The molecule has 5 nitrogen and oxygen atoms in total. The van der Waals surface area contributed by atoms with Crippen molar-refractivity contribution in [2.24, 2.45) is 0 Å². The summed E-state index contributed by atoms with van der Waals surface area (Å²) in [6.07, 6.45) is 4.46. The largest absolute Gasteiger partial charge is 0.485 e. The monoisotopic (exact) mass is 754 g/mol. The quantitative estimate of drug-likeness (QED) is 0.180. The van der Waals surface area contributed by atoms with Crippen molar-refractivity contribution in [3.8, 4) is 39.8 Å². The Labute approximate surface area is 339 Å². The van der Waals surface area contributed by atoms with Crippen LogP contribution in [0.2, 0.25) is 0 Å². The first kappa shape index (κ1) is 32.3. The molecule has 11 aromatic rings. The highest BCUT2D eigenvalue weighted by molar-refractivity contribution is 6.22. The zero-order valence-electron chi connectivity index (χ0n) is 31.8. The van der Waals surface area contributed by atoms with Crippen molar-refractivity contribution in [3.63, 3.8) is 0 Å². The smallest absolute Gasteiger partial charge is 0.160 e. The SMILES string of the molecule is C1=CC2Oc3ccccc3C2c2c1n(-c1ccc(-c3nc(-c4ccccc4)c4ccccc4n3)cc1)c1c2ccc2c1c1ccccc1n2-c1cccc2ccccc12. The van der Waals surface area contributed by atoms with Crippen LogP contribution in [-0.2, 0) is 0 Å². The second kappa shape index (κ2) is 12.4. The Hall–Kier alpha value is -7.76. The molecule has 8 aromatic carbocycles. The lowest BCUT2D eigenvalue weighted by atomic mass is 9.83. The van der Waals surface area contributed by atoms with E-state index in [1.54, 1.807) is 0 Å². The maximum absolute atomic E-state index is 6.61. The topological polar surface area (TPSA) is 44.9 Å². The van der Waals surface area contributed by atoms with Gasteiger partial charge in [-0.3, -0.25) is 0 Å². The van der Waals surface area contributed by atoms with Gasteiger partial charge in [0.25, 0.3) is 0 Å². The number of rotatable bonds is 4. The minimum Gasteiger partial charge on any atom is -0.485 e. The van der Waals surface area contributed by atoms with Crippen LogP contribution in [0.15, 0.2) is 188 Å². The van der Waals surface area contributed by atoms with Crippen LogP contribution in [0.3, 0.4) is 0 Å². The second-order valence-electron chi connectivity index (χ2n) is 15.6. The summed E-state index contributed by atoms with van der Waals surface area (Å²) < 4.78 is 11.6. The third-order valence-corrected chi connectivity index (χ3v) is 12.5. The Balaban J connectivity index is 1.08. The van der Waals surface area contributed by atoms with Crippen LogP contribution in [0.5, 0.6) is 5.75 Å². The lowest BCUT2D eigenvalue weighted by Gasteiger charge is -2.22. The van der Waals surface area contributed by atoms with Gasteiger partial charge in [0.05, 0.1) is 45.1 Å². The molecule has 5 heteroatoms. The molecule has 0 saturated carbocycles. The molecule has 2 atom stereocenters. The summed E-state index contributed by atoms with van der Waals surface area (Å²) in [4.78, 5) is 10.3. The van der Waals surface area contributed by atoms with Gasteiger partial charge in [0, 0.05) is 49.3 Å². The summed E-state index contributed by atoms with van der Waals surface area (Å²) in [5, 5.41) is 7.17. The van der Waals surface area contributed by atoms with Gasteiger partial charge in [0.1, 0.15) is 11.9 Å². The summed E-state index contributed by atoms with van der Waals surface area (Å²) in [6.45, 7) is 0. The van der Waals surface area contributed by atoms with Gasteiger partial charge in [-0.25, -0.2) is 9.97 Å². The molecule has 0 radical (unpaired) electrons. The van der Waals surface area contributed by atoms with Gasteiger partial charge in [0.2, 0.25) is 0 Å².